The monoisotopic (exact) mass is 264 g/mol. The Morgan fingerprint density at radius 1 is 1.21 bits per heavy atom. The zero-order valence-corrected chi connectivity index (χ0v) is 9.95. The number of hydrogen-bond donors (Lipinski definition) is 0. The molecule has 4 nitrogen and oxygen atoms in total. The number of hydrogen-bond acceptors (Lipinski definition) is 3. The van der Waals surface area contributed by atoms with E-state index in [0.29, 0.717) is 25.3 Å². The second-order valence-electron chi connectivity index (χ2n) is 4.18. The molecule has 2 rings (SSSR count). The molecule has 0 aliphatic carbocycles. The number of unbranched alkanes of at least 4 members (excludes halogenated alkanes) is 2. The first-order valence-corrected chi connectivity index (χ1v) is 5.78. The topological polar surface area (TPSA) is 61.2 Å². The molecule has 6 heteroatoms. The predicted octanol–water partition coefficient (Wildman–Crippen LogP) is 2.19. The Morgan fingerprint density at radius 3 is 2.63 bits per heavy atom. The van der Waals surface area contributed by atoms with Crippen molar-refractivity contribution in [2.45, 2.75) is 19.3 Å². The highest BCUT2D eigenvalue weighted by atomic mass is 19.1. The number of rotatable bonds is 4. The Balaban J connectivity index is 2.26. The number of anilines is 1. The van der Waals surface area contributed by atoms with Crippen molar-refractivity contribution in [1.29, 1.82) is 5.26 Å². The molecule has 0 N–H and O–H groups in total. The second-order valence-corrected chi connectivity index (χ2v) is 4.18. The number of carbonyl (C=O) groups excluding carboxylic acids is 2. The first-order chi connectivity index (χ1) is 9.06. The van der Waals surface area contributed by atoms with Gasteiger partial charge in [0.15, 0.2) is 0 Å². The van der Waals surface area contributed by atoms with Crippen LogP contribution in [0.1, 0.15) is 29.6 Å². The number of ketones is 1. The number of halogens is 2. The van der Waals surface area contributed by atoms with Crippen LogP contribution in [0.3, 0.4) is 0 Å². The molecule has 0 saturated carbocycles. The van der Waals surface area contributed by atoms with Crippen molar-refractivity contribution in [3.05, 3.63) is 29.3 Å². The molecule has 0 radical (unpaired) electrons. The summed E-state index contributed by atoms with van der Waals surface area (Å²) >= 11 is 0. The van der Waals surface area contributed by atoms with Gasteiger partial charge < -0.3 is 4.90 Å². The van der Waals surface area contributed by atoms with Crippen molar-refractivity contribution in [2.24, 2.45) is 0 Å². The smallest absolute Gasteiger partial charge is 0.299 e. The molecule has 0 atom stereocenters. The molecule has 0 saturated heterocycles. The summed E-state index contributed by atoms with van der Waals surface area (Å²) in [6.45, 7) is 0.169. The third kappa shape index (κ3) is 2.32. The van der Waals surface area contributed by atoms with Crippen LogP contribution in [0.5, 0.6) is 0 Å². The van der Waals surface area contributed by atoms with Gasteiger partial charge in [0, 0.05) is 19.0 Å². The fourth-order valence-corrected chi connectivity index (χ4v) is 2.03. The summed E-state index contributed by atoms with van der Waals surface area (Å²) in [5.41, 5.74) is -0.392. The first kappa shape index (κ1) is 13.1. The van der Waals surface area contributed by atoms with Crippen LogP contribution in [0.25, 0.3) is 0 Å². The van der Waals surface area contributed by atoms with E-state index >= 15 is 0 Å². The third-order valence-corrected chi connectivity index (χ3v) is 2.91. The van der Waals surface area contributed by atoms with Crippen molar-refractivity contribution < 1.29 is 18.4 Å². The fourth-order valence-electron chi connectivity index (χ4n) is 2.03. The highest BCUT2D eigenvalue weighted by Gasteiger charge is 2.38. The summed E-state index contributed by atoms with van der Waals surface area (Å²) in [5.74, 6) is -3.65. The summed E-state index contributed by atoms with van der Waals surface area (Å²) < 4.78 is 26.7. The first-order valence-electron chi connectivity index (χ1n) is 5.78. The van der Waals surface area contributed by atoms with E-state index in [0.717, 1.165) is 11.0 Å². The van der Waals surface area contributed by atoms with Crippen molar-refractivity contribution in [1.82, 2.24) is 0 Å². The van der Waals surface area contributed by atoms with Crippen LogP contribution in [-0.2, 0) is 4.79 Å². The molecule has 0 unspecified atom stereocenters. The SMILES string of the molecule is N#CCCCCN1C(=O)C(=O)c2c(F)cc(F)cc21. The van der Waals surface area contributed by atoms with Gasteiger partial charge in [0.05, 0.1) is 17.3 Å². The number of benzene rings is 1. The van der Waals surface area contributed by atoms with E-state index in [2.05, 4.69) is 0 Å². The molecule has 0 bridgehead atoms. The Bertz CT molecular complexity index is 593. The quantitative estimate of drug-likeness (QED) is 0.618. The standard InChI is InChI=1S/C13H10F2N2O2/c14-8-6-9(15)11-10(7-8)17(13(19)12(11)18)5-3-1-2-4-16/h6-7H,1-3,5H2. The normalized spacial score (nSPS) is 13.6. The number of nitrogens with zero attached hydrogens (tertiary/aromatic N) is 2. The molecule has 1 aromatic rings. The highest BCUT2D eigenvalue weighted by molar-refractivity contribution is 6.52. The maximum atomic E-state index is 13.5. The van der Waals surface area contributed by atoms with Crippen LogP contribution in [0.2, 0.25) is 0 Å². The van der Waals surface area contributed by atoms with Gasteiger partial charge in [-0.3, -0.25) is 9.59 Å². The Hall–Kier alpha value is -2.29. The lowest BCUT2D eigenvalue weighted by Gasteiger charge is -2.15. The molecule has 98 valence electrons. The average Bonchev–Trinajstić information content (AvgIpc) is 2.59. The number of amides is 1. The van der Waals surface area contributed by atoms with Gasteiger partial charge in [-0.2, -0.15) is 5.26 Å². The van der Waals surface area contributed by atoms with Gasteiger partial charge in [-0.25, -0.2) is 8.78 Å². The molecule has 0 spiro atoms. The molecule has 19 heavy (non-hydrogen) atoms. The van der Waals surface area contributed by atoms with Crippen LogP contribution in [-0.4, -0.2) is 18.2 Å². The molecule has 1 aliphatic rings. The molecule has 1 aromatic carbocycles. The van der Waals surface area contributed by atoms with E-state index in [-0.39, 0.29) is 17.8 Å². The molecular weight excluding hydrogens is 254 g/mol. The maximum absolute atomic E-state index is 13.5. The lowest BCUT2D eigenvalue weighted by Crippen LogP contribution is -2.30. The number of carbonyl (C=O) groups is 2. The zero-order chi connectivity index (χ0) is 14.0. The van der Waals surface area contributed by atoms with Crippen molar-refractivity contribution in [2.75, 3.05) is 11.4 Å². The summed E-state index contributed by atoms with van der Waals surface area (Å²) in [4.78, 5) is 24.4. The van der Waals surface area contributed by atoms with Crippen LogP contribution in [0, 0.1) is 23.0 Å². The van der Waals surface area contributed by atoms with Gasteiger partial charge in [-0.15, -0.1) is 0 Å². The number of fused-ring (bicyclic) bond motifs is 1. The predicted molar refractivity (Wildman–Crippen MR) is 62.5 cm³/mol. The van der Waals surface area contributed by atoms with Crippen LogP contribution in [0.4, 0.5) is 14.5 Å². The van der Waals surface area contributed by atoms with E-state index < -0.39 is 23.3 Å². The van der Waals surface area contributed by atoms with Gasteiger partial charge in [0.1, 0.15) is 11.6 Å². The molecule has 1 heterocycles. The summed E-state index contributed by atoms with van der Waals surface area (Å²) in [6.07, 6.45) is 1.38. The summed E-state index contributed by atoms with van der Waals surface area (Å²) in [7, 11) is 0. The maximum Gasteiger partial charge on any atom is 0.299 e. The summed E-state index contributed by atoms with van der Waals surface area (Å²) in [6, 6.07) is 3.52. The van der Waals surface area contributed by atoms with E-state index in [1.54, 1.807) is 0 Å². The van der Waals surface area contributed by atoms with Gasteiger partial charge in [-0.1, -0.05) is 0 Å². The van der Waals surface area contributed by atoms with Crippen LogP contribution in [0.15, 0.2) is 12.1 Å². The largest absolute Gasteiger partial charge is 0.305 e. The molecule has 1 aliphatic heterocycles. The Kier molecular flexibility index (Phi) is 3.56. The minimum absolute atomic E-state index is 0.0237. The average molecular weight is 264 g/mol. The third-order valence-electron chi connectivity index (χ3n) is 2.91. The second kappa shape index (κ2) is 5.14. The molecule has 1 amide bonds. The lowest BCUT2D eigenvalue weighted by molar-refractivity contribution is -0.114. The summed E-state index contributed by atoms with van der Waals surface area (Å²) in [5, 5.41) is 8.40. The lowest BCUT2D eigenvalue weighted by atomic mass is 10.1. The van der Waals surface area contributed by atoms with Gasteiger partial charge in [0.2, 0.25) is 0 Å². The van der Waals surface area contributed by atoms with Crippen LogP contribution >= 0.6 is 0 Å². The highest BCUT2D eigenvalue weighted by Crippen LogP contribution is 2.32. The van der Waals surface area contributed by atoms with E-state index in [4.69, 9.17) is 5.26 Å². The Labute approximate surface area is 108 Å². The Morgan fingerprint density at radius 2 is 1.95 bits per heavy atom. The van der Waals surface area contributed by atoms with Gasteiger partial charge >= 0.3 is 0 Å². The van der Waals surface area contributed by atoms with Crippen molar-refractivity contribution >= 4 is 17.4 Å². The molecular formula is C13H10F2N2O2. The van der Waals surface area contributed by atoms with Crippen LogP contribution < -0.4 is 4.90 Å². The minimum atomic E-state index is -1.02. The minimum Gasteiger partial charge on any atom is -0.305 e. The van der Waals surface area contributed by atoms with Gasteiger partial charge in [0.25, 0.3) is 11.7 Å². The number of nitriles is 1. The van der Waals surface area contributed by atoms with Gasteiger partial charge in [-0.05, 0) is 18.9 Å². The van der Waals surface area contributed by atoms with E-state index in [9.17, 15) is 18.4 Å². The zero-order valence-electron chi connectivity index (χ0n) is 9.95. The van der Waals surface area contributed by atoms with Crippen molar-refractivity contribution in [3.63, 3.8) is 0 Å². The molecule has 0 fully saturated rings. The molecule has 0 aromatic heterocycles. The van der Waals surface area contributed by atoms with E-state index in [1.807, 2.05) is 6.07 Å². The number of Topliss-reactive ketones (excluding diaryl/α,β-unsaturated/α-hetero) is 1. The fraction of sp³-hybridized carbons (Fsp3) is 0.308. The van der Waals surface area contributed by atoms with Crippen molar-refractivity contribution in [3.8, 4) is 6.07 Å². The van der Waals surface area contributed by atoms with E-state index in [1.165, 1.54) is 0 Å².